The molecule has 3 nitrogen and oxygen atoms in total. The monoisotopic (exact) mass is 327 g/mol. The molecule has 0 saturated carbocycles. The highest BCUT2D eigenvalue weighted by molar-refractivity contribution is 7.22. The first-order valence-corrected chi connectivity index (χ1v) is 8.63. The molecule has 2 aromatic carbocycles. The molecule has 0 radical (unpaired) electrons. The van der Waals surface area contributed by atoms with Crippen LogP contribution >= 0.6 is 11.3 Å². The van der Waals surface area contributed by atoms with E-state index < -0.39 is 0 Å². The van der Waals surface area contributed by atoms with Gasteiger partial charge in [-0.1, -0.05) is 23.5 Å². The Balaban J connectivity index is 1.50. The summed E-state index contributed by atoms with van der Waals surface area (Å²) < 4.78 is 14.2. The quantitative estimate of drug-likeness (QED) is 0.707. The molecule has 0 amide bonds. The van der Waals surface area contributed by atoms with E-state index in [0.29, 0.717) is 0 Å². The van der Waals surface area contributed by atoms with Gasteiger partial charge < -0.3 is 9.80 Å². The minimum Gasteiger partial charge on any atom is -0.368 e. The van der Waals surface area contributed by atoms with E-state index in [9.17, 15) is 4.39 Å². The molecule has 0 atom stereocenters. The molecule has 5 heteroatoms. The maximum absolute atomic E-state index is 13.3. The first kappa shape index (κ1) is 14.5. The third-order valence-corrected chi connectivity index (χ3v) is 5.34. The Bertz CT molecular complexity index is 837. The molecule has 0 N–H and O–H groups in total. The van der Waals surface area contributed by atoms with Crippen molar-refractivity contribution in [2.45, 2.75) is 6.92 Å². The summed E-state index contributed by atoms with van der Waals surface area (Å²) in [6.07, 6.45) is 0. The van der Waals surface area contributed by atoms with Gasteiger partial charge in [0.15, 0.2) is 5.13 Å². The summed E-state index contributed by atoms with van der Waals surface area (Å²) in [6.45, 7) is 5.97. The number of aryl methyl sites for hydroxylation is 1. The highest BCUT2D eigenvalue weighted by Gasteiger charge is 2.20. The largest absolute Gasteiger partial charge is 0.368 e. The van der Waals surface area contributed by atoms with E-state index >= 15 is 0 Å². The van der Waals surface area contributed by atoms with Crippen molar-refractivity contribution in [1.29, 1.82) is 0 Å². The van der Waals surface area contributed by atoms with Gasteiger partial charge in [0.2, 0.25) is 0 Å². The van der Waals surface area contributed by atoms with Crippen molar-refractivity contribution in [3.8, 4) is 0 Å². The number of aromatic nitrogens is 1. The van der Waals surface area contributed by atoms with E-state index in [2.05, 4.69) is 46.0 Å². The van der Waals surface area contributed by atoms with Crippen LogP contribution in [0.3, 0.4) is 0 Å². The molecule has 4 rings (SSSR count). The second kappa shape index (κ2) is 5.81. The number of anilines is 2. The third kappa shape index (κ3) is 2.88. The summed E-state index contributed by atoms with van der Waals surface area (Å²) in [4.78, 5) is 9.36. The molecule has 0 unspecified atom stereocenters. The van der Waals surface area contributed by atoms with Crippen molar-refractivity contribution in [3.05, 3.63) is 53.8 Å². The molecule has 23 heavy (non-hydrogen) atoms. The Kier molecular flexibility index (Phi) is 3.65. The molecule has 118 valence electrons. The van der Waals surface area contributed by atoms with Crippen LogP contribution in [0.1, 0.15) is 5.56 Å². The van der Waals surface area contributed by atoms with E-state index in [4.69, 9.17) is 0 Å². The Hall–Kier alpha value is -2.14. The first-order chi connectivity index (χ1) is 11.2. The molecule has 1 aromatic heterocycles. The van der Waals surface area contributed by atoms with E-state index in [0.717, 1.165) is 41.5 Å². The Morgan fingerprint density at radius 3 is 2.57 bits per heavy atom. The van der Waals surface area contributed by atoms with Crippen molar-refractivity contribution in [2.75, 3.05) is 36.0 Å². The molecule has 1 saturated heterocycles. The lowest BCUT2D eigenvalue weighted by Crippen LogP contribution is -2.46. The van der Waals surface area contributed by atoms with Crippen LogP contribution < -0.4 is 9.80 Å². The van der Waals surface area contributed by atoms with Crippen molar-refractivity contribution in [2.24, 2.45) is 0 Å². The Morgan fingerprint density at radius 2 is 1.78 bits per heavy atom. The summed E-state index contributed by atoms with van der Waals surface area (Å²) in [5.41, 5.74) is 3.46. The lowest BCUT2D eigenvalue weighted by atomic mass is 10.2. The summed E-state index contributed by atoms with van der Waals surface area (Å²) in [5.74, 6) is -0.197. The van der Waals surface area contributed by atoms with Gasteiger partial charge in [0.25, 0.3) is 0 Å². The second-order valence-electron chi connectivity index (χ2n) is 5.92. The highest BCUT2D eigenvalue weighted by Crippen LogP contribution is 2.30. The number of benzene rings is 2. The SMILES string of the molecule is Cc1cccc(N2CCN(c3nc4ccc(F)cc4s3)CC2)c1. The van der Waals surface area contributed by atoms with Gasteiger partial charge in [-0.2, -0.15) is 0 Å². The minimum absolute atomic E-state index is 0.197. The number of halogens is 1. The Morgan fingerprint density at radius 1 is 1.00 bits per heavy atom. The van der Waals surface area contributed by atoms with Gasteiger partial charge in [-0.3, -0.25) is 0 Å². The second-order valence-corrected chi connectivity index (χ2v) is 6.93. The fraction of sp³-hybridized carbons (Fsp3) is 0.278. The van der Waals surface area contributed by atoms with Crippen LogP contribution in [0, 0.1) is 12.7 Å². The molecule has 2 heterocycles. The molecule has 1 fully saturated rings. The number of hydrogen-bond donors (Lipinski definition) is 0. The maximum atomic E-state index is 13.3. The van der Waals surface area contributed by atoms with Crippen molar-refractivity contribution < 1.29 is 4.39 Å². The number of hydrogen-bond acceptors (Lipinski definition) is 4. The van der Waals surface area contributed by atoms with E-state index in [1.54, 1.807) is 23.5 Å². The predicted molar refractivity (Wildman–Crippen MR) is 95.2 cm³/mol. The lowest BCUT2D eigenvalue weighted by Gasteiger charge is -2.36. The number of nitrogens with zero attached hydrogens (tertiary/aromatic N) is 3. The fourth-order valence-electron chi connectivity index (χ4n) is 3.00. The topological polar surface area (TPSA) is 19.4 Å². The standard InChI is InChI=1S/C18H18FN3S/c1-13-3-2-4-15(11-13)21-7-9-22(10-8-21)18-20-16-6-5-14(19)12-17(16)23-18/h2-6,11-12H,7-10H2,1H3. The molecule has 0 spiro atoms. The number of piperazine rings is 1. The van der Waals surface area contributed by atoms with Crippen molar-refractivity contribution >= 4 is 32.4 Å². The van der Waals surface area contributed by atoms with Crippen molar-refractivity contribution in [1.82, 2.24) is 4.98 Å². The number of thiazole rings is 1. The summed E-state index contributed by atoms with van der Waals surface area (Å²) >= 11 is 1.57. The average molecular weight is 327 g/mol. The van der Waals surface area contributed by atoms with Gasteiger partial charge in [-0.05, 0) is 42.8 Å². The van der Waals surface area contributed by atoms with E-state index in [-0.39, 0.29) is 5.82 Å². The van der Waals surface area contributed by atoms with Crippen LogP contribution in [0.15, 0.2) is 42.5 Å². The molecule has 0 bridgehead atoms. The number of rotatable bonds is 2. The molecular weight excluding hydrogens is 309 g/mol. The zero-order chi connectivity index (χ0) is 15.8. The minimum atomic E-state index is -0.197. The van der Waals surface area contributed by atoms with Gasteiger partial charge >= 0.3 is 0 Å². The first-order valence-electron chi connectivity index (χ1n) is 7.82. The van der Waals surface area contributed by atoms with Crippen LogP contribution in [-0.4, -0.2) is 31.2 Å². The van der Waals surface area contributed by atoms with Gasteiger partial charge in [-0.25, -0.2) is 9.37 Å². The van der Waals surface area contributed by atoms with Crippen LogP contribution in [0.2, 0.25) is 0 Å². The predicted octanol–water partition coefficient (Wildman–Crippen LogP) is 4.07. The van der Waals surface area contributed by atoms with Gasteiger partial charge in [-0.15, -0.1) is 0 Å². The molecule has 1 aliphatic heterocycles. The molecular formula is C18H18FN3S. The third-order valence-electron chi connectivity index (χ3n) is 4.26. The summed E-state index contributed by atoms with van der Waals surface area (Å²) in [6, 6.07) is 13.4. The highest BCUT2D eigenvalue weighted by atomic mass is 32.1. The lowest BCUT2D eigenvalue weighted by molar-refractivity contribution is 0.630. The molecule has 3 aromatic rings. The average Bonchev–Trinajstić information content (AvgIpc) is 2.98. The van der Waals surface area contributed by atoms with E-state index in [1.165, 1.54) is 17.3 Å². The summed E-state index contributed by atoms with van der Waals surface area (Å²) in [5, 5.41) is 0.995. The molecule has 0 aliphatic carbocycles. The van der Waals surface area contributed by atoms with Crippen molar-refractivity contribution in [3.63, 3.8) is 0 Å². The zero-order valence-electron chi connectivity index (χ0n) is 13.0. The van der Waals surface area contributed by atoms with Crippen LogP contribution in [0.4, 0.5) is 15.2 Å². The fourth-order valence-corrected chi connectivity index (χ4v) is 4.04. The summed E-state index contributed by atoms with van der Waals surface area (Å²) in [7, 11) is 0. The zero-order valence-corrected chi connectivity index (χ0v) is 13.8. The van der Waals surface area contributed by atoms with Gasteiger partial charge in [0.05, 0.1) is 10.2 Å². The molecule has 1 aliphatic rings. The Labute approximate surface area is 139 Å². The maximum Gasteiger partial charge on any atom is 0.186 e. The van der Waals surface area contributed by atoms with Gasteiger partial charge in [0, 0.05) is 31.9 Å². The van der Waals surface area contributed by atoms with E-state index in [1.807, 2.05) is 0 Å². The number of fused-ring (bicyclic) bond motifs is 1. The van der Waals surface area contributed by atoms with Gasteiger partial charge in [0.1, 0.15) is 5.82 Å². The van der Waals surface area contributed by atoms with Crippen LogP contribution in [0.5, 0.6) is 0 Å². The van der Waals surface area contributed by atoms with Crippen LogP contribution in [0.25, 0.3) is 10.2 Å². The normalized spacial score (nSPS) is 15.4. The van der Waals surface area contributed by atoms with Crippen LogP contribution in [-0.2, 0) is 0 Å². The smallest absolute Gasteiger partial charge is 0.186 e.